The van der Waals surface area contributed by atoms with Gasteiger partial charge in [0.05, 0.1) is 16.2 Å². The molecule has 0 unspecified atom stereocenters. The largest absolute Gasteiger partial charge is 0.455 e. The van der Waals surface area contributed by atoms with Crippen molar-refractivity contribution in [3.63, 3.8) is 0 Å². The molecule has 2 aromatic heterocycles. The summed E-state index contributed by atoms with van der Waals surface area (Å²) < 4.78 is 5.54. The van der Waals surface area contributed by atoms with E-state index in [1.54, 1.807) is 12.1 Å². The number of non-ortho nitro benzene ring substituents is 1. The van der Waals surface area contributed by atoms with Crippen molar-refractivity contribution in [2.45, 2.75) is 0 Å². The molecule has 0 aliphatic carbocycles. The number of furan rings is 1. The first-order valence-electron chi connectivity index (χ1n) is 6.17. The molecule has 0 radical (unpaired) electrons. The molecule has 0 amide bonds. The SMILES string of the molecule is Nc1nnnn1/N=C/c1ccc(-c2cc([N+](=O)[O-])ccc2Cl)o1. The van der Waals surface area contributed by atoms with Crippen LogP contribution in [0.4, 0.5) is 11.6 Å². The van der Waals surface area contributed by atoms with Crippen molar-refractivity contribution >= 4 is 29.5 Å². The van der Waals surface area contributed by atoms with Gasteiger partial charge in [0.15, 0.2) is 0 Å². The lowest BCUT2D eigenvalue weighted by Gasteiger charge is -2.00. The van der Waals surface area contributed by atoms with Crippen molar-refractivity contribution in [2.24, 2.45) is 5.10 Å². The molecule has 0 saturated heterocycles. The van der Waals surface area contributed by atoms with Crippen LogP contribution in [0.5, 0.6) is 0 Å². The molecule has 0 spiro atoms. The highest BCUT2D eigenvalue weighted by atomic mass is 35.5. The first kappa shape index (κ1) is 14.7. The van der Waals surface area contributed by atoms with Gasteiger partial charge in [0.1, 0.15) is 11.5 Å². The Kier molecular flexibility index (Phi) is 3.73. The summed E-state index contributed by atoms with van der Waals surface area (Å²) in [5, 5.41) is 25.4. The van der Waals surface area contributed by atoms with E-state index in [2.05, 4.69) is 20.6 Å². The third kappa shape index (κ3) is 3.01. The summed E-state index contributed by atoms with van der Waals surface area (Å²) in [6, 6.07) is 7.33. The molecular weight excluding hydrogens is 326 g/mol. The summed E-state index contributed by atoms with van der Waals surface area (Å²) in [6.07, 6.45) is 1.35. The highest BCUT2D eigenvalue weighted by Crippen LogP contribution is 2.32. The number of hydrogen-bond acceptors (Lipinski definition) is 8. The zero-order valence-corrected chi connectivity index (χ0v) is 12.1. The topological polar surface area (TPSA) is 138 Å². The molecule has 2 heterocycles. The van der Waals surface area contributed by atoms with Crippen LogP contribution < -0.4 is 5.73 Å². The summed E-state index contributed by atoms with van der Waals surface area (Å²) in [6.45, 7) is 0. The number of benzene rings is 1. The third-order valence-corrected chi connectivity index (χ3v) is 3.15. The number of halogens is 1. The second-order valence-electron chi connectivity index (χ2n) is 4.29. The van der Waals surface area contributed by atoms with Crippen LogP contribution in [-0.2, 0) is 0 Å². The van der Waals surface area contributed by atoms with Gasteiger partial charge in [0.25, 0.3) is 11.6 Å². The molecule has 0 fully saturated rings. The van der Waals surface area contributed by atoms with Gasteiger partial charge in [-0.2, -0.15) is 5.10 Å². The maximum atomic E-state index is 10.8. The predicted molar refractivity (Wildman–Crippen MR) is 81.0 cm³/mol. The molecule has 2 N–H and O–H groups in total. The molecule has 11 heteroatoms. The Balaban J connectivity index is 1.90. The van der Waals surface area contributed by atoms with E-state index in [0.717, 1.165) is 4.79 Å². The lowest BCUT2D eigenvalue weighted by Crippen LogP contribution is -1.99. The van der Waals surface area contributed by atoms with Gasteiger partial charge in [0.2, 0.25) is 0 Å². The fourth-order valence-corrected chi connectivity index (χ4v) is 1.98. The zero-order chi connectivity index (χ0) is 16.4. The molecule has 116 valence electrons. The predicted octanol–water partition coefficient (Wildman–Crippen LogP) is 1.96. The first-order chi connectivity index (χ1) is 11.0. The Morgan fingerprint density at radius 3 is 2.91 bits per heavy atom. The average Bonchev–Trinajstić information content (AvgIpc) is 3.14. The molecule has 0 bridgehead atoms. The fourth-order valence-electron chi connectivity index (χ4n) is 1.77. The molecule has 10 nitrogen and oxygen atoms in total. The van der Waals surface area contributed by atoms with E-state index >= 15 is 0 Å². The van der Waals surface area contributed by atoms with Crippen molar-refractivity contribution in [3.05, 3.63) is 51.2 Å². The summed E-state index contributed by atoms with van der Waals surface area (Å²) >= 11 is 6.06. The number of tetrazole rings is 1. The molecule has 0 aliphatic rings. The van der Waals surface area contributed by atoms with E-state index in [1.807, 2.05) is 0 Å². The fraction of sp³-hybridized carbons (Fsp3) is 0. The second kappa shape index (κ2) is 5.85. The molecule has 23 heavy (non-hydrogen) atoms. The number of nitrogen functional groups attached to an aromatic ring is 1. The van der Waals surface area contributed by atoms with E-state index in [1.165, 1.54) is 24.4 Å². The normalized spacial score (nSPS) is 11.2. The van der Waals surface area contributed by atoms with Crippen LogP contribution in [0, 0.1) is 10.1 Å². The van der Waals surface area contributed by atoms with Gasteiger partial charge < -0.3 is 10.2 Å². The standard InChI is InChI=1S/C12H8ClN7O3/c13-10-3-1-7(20(21)22)5-9(10)11-4-2-8(23-11)6-15-19-12(14)16-17-18-19/h1-6H,(H2,14,16,18)/b15-6+. The second-order valence-corrected chi connectivity index (χ2v) is 4.70. The van der Waals surface area contributed by atoms with E-state index in [0.29, 0.717) is 22.1 Å². The Morgan fingerprint density at radius 2 is 2.22 bits per heavy atom. The Hall–Kier alpha value is -3.27. The van der Waals surface area contributed by atoms with Crippen LogP contribution in [0.2, 0.25) is 5.02 Å². The van der Waals surface area contributed by atoms with Crippen LogP contribution in [-0.4, -0.2) is 31.5 Å². The van der Waals surface area contributed by atoms with E-state index < -0.39 is 4.92 Å². The molecule has 0 aliphatic heterocycles. The molecule has 0 saturated carbocycles. The quantitative estimate of drug-likeness (QED) is 0.437. The van der Waals surface area contributed by atoms with Gasteiger partial charge in [-0.05, 0) is 28.6 Å². The van der Waals surface area contributed by atoms with Gasteiger partial charge in [-0.15, -0.1) is 0 Å². The minimum absolute atomic E-state index is 0.0229. The van der Waals surface area contributed by atoms with E-state index in [-0.39, 0.29) is 11.6 Å². The van der Waals surface area contributed by atoms with Crippen LogP contribution in [0.1, 0.15) is 5.76 Å². The minimum atomic E-state index is -0.508. The van der Waals surface area contributed by atoms with Gasteiger partial charge in [-0.1, -0.05) is 21.5 Å². The van der Waals surface area contributed by atoms with Gasteiger partial charge >= 0.3 is 0 Å². The third-order valence-electron chi connectivity index (χ3n) is 2.82. The van der Waals surface area contributed by atoms with E-state index in [9.17, 15) is 10.1 Å². The number of nitro benzene ring substituents is 1. The monoisotopic (exact) mass is 333 g/mol. The Labute approximate surface area is 133 Å². The molecule has 1 aromatic carbocycles. The highest BCUT2D eigenvalue weighted by Gasteiger charge is 2.14. The zero-order valence-electron chi connectivity index (χ0n) is 11.3. The molecular formula is C12H8ClN7O3. The maximum Gasteiger partial charge on any atom is 0.270 e. The number of anilines is 1. The van der Waals surface area contributed by atoms with Gasteiger partial charge in [-0.3, -0.25) is 10.1 Å². The van der Waals surface area contributed by atoms with Crippen LogP contribution in [0.3, 0.4) is 0 Å². The van der Waals surface area contributed by atoms with Crippen molar-refractivity contribution < 1.29 is 9.34 Å². The molecule has 3 rings (SSSR count). The maximum absolute atomic E-state index is 10.8. The highest BCUT2D eigenvalue weighted by molar-refractivity contribution is 6.33. The molecule has 3 aromatic rings. The smallest absolute Gasteiger partial charge is 0.270 e. The number of aromatic nitrogens is 4. The number of nitrogens with zero attached hydrogens (tertiary/aromatic N) is 6. The van der Waals surface area contributed by atoms with Gasteiger partial charge in [-0.25, -0.2) is 0 Å². The Morgan fingerprint density at radius 1 is 1.39 bits per heavy atom. The summed E-state index contributed by atoms with van der Waals surface area (Å²) in [7, 11) is 0. The van der Waals surface area contributed by atoms with Gasteiger partial charge in [0, 0.05) is 17.7 Å². The number of hydrogen-bond donors (Lipinski definition) is 1. The van der Waals surface area contributed by atoms with Crippen LogP contribution in [0.25, 0.3) is 11.3 Å². The number of rotatable bonds is 4. The summed E-state index contributed by atoms with van der Waals surface area (Å²) in [5.74, 6) is 0.761. The summed E-state index contributed by atoms with van der Waals surface area (Å²) in [4.78, 5) is 11.4. The number of nitrogens with two attached hydrogens (primary N) is 1. The van der Waals surface area contributed by atoms with Crippen LogP contribution in [0.15, 0.2) is 39.9 Å². The van der Waals surface area contributed by atoms with Crippen molar-refractivity contribution in [2.75, 3.05) is 5.73 Å². The van der Waals surface area contributed by atoms with Crippen molar-refractivity contribution in [1.82, 2.24) is 20.3 Å². The first-order valence-corrected chi connectivity index (χ1v) is 6.55. The number of nitro groups is 1. The lowest BCUT2D eigenvalue weighted by molar-refractivity contribution is -0.384. The van der Waals surface area contributed by atoms with E-state index in [4.69, 9.17) is 21.8 Å². The van der Waals surface area contributed by atoms with Crippen molar-refractivity contribution in [1.29, 1.82) is 0 Å². The molecule has 0 atom stereocenters. The van der Waals surface area contributed by atoms with Crippen LogP contribution >= 0.6 is 11.6 Å². The minimum Gasteiger partial charge on any atom is -0.455 e. The van der Waals surface area contributed by atoms with Crippen molar-refractivity contribution in [3.8, 4) is 11.3 Å². The average molecular weight is 334 g/mol. The Bertz CT molecular complexity index is 902. The summed E-state index contributed by atoms with van der Waals surface area (Å²) in [5.41, 5.74) is 5.79. The lowest BCUT2D eigenvalue weighted by atomic mass is 10.1.